The molecule has 0 bridgehead atoms. The third-order valence-corrected chi connectivity index (χ3v) is 4.47. The van der Waals surface area contributed by atoms with E-state index in [1.165, 1.54) is 12.1 Å². The molecule has 0 aliphatic carbocycles. The van der Waals surface area contributed by atoms with Gasteiger partial charge in [0.05, 0.1) is 12.2 Å². The Hall–Kier alpha value is -3.60. The number of allylic oxidation sites excluding steroid dienone is 1. The monoisotopic (exact) mass is 390 g/mol. The Balaban J connectivity index is 1.52. The Morgan fingerprint density at radius 1 is 1.00 bits per heavy atom. The Morgan fingerprint density at radius 3 is 2.59 bits per heavy atom. The van der Waals surface area contributed by atoms with Crippen molar-refractivity contribution in [3.63, 3.8) is 0 Å². The molecule has 1 aliphatic heterocycles. The van der Waals surface area contributed by atoms with Crippen molar-refractivity contribution in [2.75, 3.05) is 6.61 Å². The summed E-state index contributed by atoms with van der Waals surface area (Å²) in [6.07, 6.45) is 1.69. The molecule has 3 aromatic carbocycles. The van der Waals surface area contributed by atoms with E-state index in [-0.39, 0.29) is 24.0 Å². The van der Waals surface area contributed by atoms with Crippen LogP contribution in [0.2, 0.25) is 0 Å². The molecule has 0 fully saturated rings. The van der Waals surface area contributed by atoms with Crippen LogP contribution in [0.4, 0.5) is 4.39 Å². The number of ether oxygens (including phenoxy) is 3. The molecule has 0 saturated carbocycles. The molecule has 4 rings (SSSR count). The van der Waals surface area contributed by atoms with Gasteiger partial charge in [-0.05, 0) is 48.9 Å². The molecule has 0 amide bonds. The first kappa shape index (κ1) is 18.7. The number of para-hydroxylation sites is 1. The van der Waals surface area contributed by atoms with Crippen LogP contribution in [0.5, 0.6) is 17.2 Å². The van der Waals surface area contributed by atoms with Crippen molar-refractivity contribution in [2.45, 2.75) is 13.5 Å². The predicted octanol–water partition coefficient (Wildman–Crippen LogP) is 5.42. The highest BCUT2D eigenvalue weighted by Crippen LogP contribution is 2.36. The van der Waals surface area contributed by atoms with Crippen molar-refractivity contribution < 1.29 is 23.4 Å². The summed E-state index contributed by atoms with van der Waals surface area (Å²) >= 11 is 0. The van der Waals surface area contributed by atoms with E-state index in [2.05, 4.69) is 0 Å². The highest BCUT2D eigenvalue weighted by atomic mass is 19.1. The van der Waals surface area contributed by atoms with E-state index in [0.29, 0.717) is 29.4 Å². The smallest absolute Gasteiger partial charge is 0.231 e. The quantitative estimate of drug-likeness (QED) is 0.527. The van der Waals surface area contributed by atoms with Crippen LogP contribution in [0.15, 0.2) is 72.5 Å². The highest BCUT2D eigenvalue weighted by molar-refractivity contribution is 6.14. The molecule has 0 saturated heterocycles. The van der Waals surface area contributed by atoms with Crippen molar-refractivity contribution in [1.82, 2.24) is 0 Å². The number of Topliss-reactive ketones (excluding diaryl/α,β-unsaturated/α-hetero) is 1. The molecule has 5 heteroatoms. The van der Waals surface area contributed by atoms with Gasteiger partial charge in [0, 0.05) is 11.6 Å². The van der Waals surface area contributed by atoms with Crippen molar-refractivity contribution in [1.29, 1.82) is 0 Å². The van der Waals surface area contributed by atoms with Crippen LogP contribution in [0, 0.1) is 5.82 Å². The summed E-state index contributed by atoms with van der Waals surface area (Å²) in [6, 6.07) is 18.7. The number of hydrogen-bond donors (Lipinski definition) is 0. The fourth-order valence-electron chi connectivity index (χ4n) is 3.03. The van der Waals surface area contributed by atoms with Crippen LogP contribution in [0.25, 0.3) is 6.08 Å². The lowest BCUT2D eigenvalue weighted by Crippen LogP contribution is -1.99. The first-order valence-corrected chi connectivity index (χ1v) is 9.31. The van der Waals surface area contributed by atoms with Crippen LogP contribution in [-0.4, -0.2) is 12.4 Å². The Bertz CT molecular complexity index is 1070. The number of fused-ring (bicyclic) bond motifs is 1. The number of halogens is 1. The van der Waals surface area contributed by atoms with Crippen molar-refractivity contribution in [3.05, 3.63) is 95.0 Å². The molecular weight excluding hydrogens is 371 g/mol. The number of carbonyl (C=O) groups excluding carboxylic acids is 1. The average molecular weight is 390 g/mol. The van der Waals surface area contributed by atoms with Gasteiger partial charge < -0.3 is 14.2 Å². The van der Waals surface area contributed by atoms with Crippen molar-refractivity contribution in [2.24, 2.45) is 0 Å². The van der Waals surface area contributed by atoms with Crippen molar-refractivity contribution >= 4 is 11.9 Å². The lowest BCUT2D eigenvalue weighted by molar-refractivity contribution is 0.101. The molecule has 0 N–H and O–H groups in total. The minimum Gasteiger partial charge on any atom is -0.493 e. The standard InChI is InChI=1S/C24H19FO4/c1-2-27-21-6-4-3-5-17(21)13-23-24(26)20-12-11-19(14-22(20)29-23)28-15-16-7-9-18(25)10-8-16/h3-14H,2,15H2,1H3. The summed E-state index contributed by atoms with van der Waals surface area (Å²) < 4.78 is 30.1. The number of carbonyl (C=O) groups is 1. The summed E-state index contributed by atoms with van der Waals surface area (Å²) in [7, 11) is 0. The van der Waals surface area contributed by atoms with E-state index in [9.17, 15) is 9.18 Å². The normalized spacial score (nSPS) is 13.9. The maximum absolute atomic E-state index is 13.0. The minimum absolute atomic E-state index is 0.184. The zero-order valence-electron chi connectivity index (χ0n) is 15.9. The molecule has 1 aliphatic rings. The van der Waals surface area contributed by atoms with E-state index in [1.54, 1.807) is 36.4 Å². The Labute approximate surface area is 168 Å². The SMILES string of the molecule is CCOc1ccccc1C=C1Oc2cc(OCc3ccc(F)cc3)ccc2C1=O. The van der Waals surface area contributed by atoms with Crippen molar-refractivity contribution in [3.8, 4) is 17.2 Å². The molecule has 1 heterocycles. The lowest BCUT2D eigenvalue weighted by Gasteiger charge is -2.08. The number of ketones is 1. The summed E-state index contributed by atoms with van der Waals surface area (Å²) in [6.45, 7) is 2.73. The second-order valence-electron chi connectivity index (χ2n) is 6.48. The molecule has 0 radical (unpaired) electrons. The minimum atomic E-state index is -0.288. The molecule has 29 heavy (non-hydrogen) atoms. The van der Waals surface area contributed by atoms with Gasteiger partial charge in [-0.3, -0.25) is 4.79 Å². The van der Waals surface area contributed by atoms with Gasteiger partial charge in [0.15, 0.2) is 5.76 Å². The van der Waals surface area contributed by atoms with Crippen LogP contribution < -0.4 is 14.2 Å². The van der Waals surface area contributed by atoms with Gasteiger partial charge in [-0.1, -0.05) is 30.3 Å². The zero-order chi connectivity index (χ0) is 20.2. The van der Waals surface area contributed by atoms with Gasteiger partial charge in [0.1, 0.15) is 29.7 Å². The molecule has 0 unspecified atom stereocenters. The summed E-state index contributed by atoms with van der Waals surface area (Å²) in [5.74, 6) is 1.48. The molecule has 0 aromatic heterocycles. The largest absolute Gasteiger partial charge is 0.493 e. The topological polar surface area (TPSA) is 44.8 Å². The van der Waals surface area contributed by atoms with Gasteiger partial charge >= 0.3 is 0 Å². The van der Waals surface area contributed by atoms with Gasteiger partial charge in [0.25, 0.3) is 0 Å². The highest BCUT2D eigenvalue weighted by Gasteiger charge is 2.28. The maximum Gasteiger partial charge on any atom is 0.231 e. The summed E-state index contributed by atoms with van der Waals surface area (Å²) in [5, 5.41) is 0. The summed E-state index contributed by atoms with van der Waals surface area (Å²) in [5.41, 5.74) is 2.11. The molecular formula is C24H19FO4. The molecule has 0 atom stereocenters. The van der Waals surface area contributed by atoms with E-state index in [4.69, 9.17) is 14.2 Å². The predicted molar refractivity (Wildman–Crippen MR) is 108 cm³/mol. The van der Waals surface area contributed by atoms with E-state index >= 15 is 0 Å². The van der Waals surface area contributed by atoms with Gasteiger partial charge in [-0.2, -0.15) is 0 Å². The fraction of sp³-hybridized carbons (Fsp3) is 0.125. The maximum atomic E-state index is 13.0. The van der Waals surface area contributed by atoms with E-state index in [0.717, 1.165) is 11.1 Å². The van der Waals surface area contributed by atoms with E-state index in [1.807, 2.05) is 31.2 Å². The average Bonchev–Trinajstić information content (AvgIpc) is 3.04. The first-order chi connectivity index (χ1) is 14.1. The zero-order valence-corrected chi connectivity index (χ0v) is 15.9. The Morgan fingerprint density at radius 2 is 1.79 bits per heavy atom. The number of rotatable bonds is 6. The second kappa shape index (κ2) is 8.19. The molecule has 146 valence electrons. The lowest BCUT2D eigenvalue weighted by atomic mass is 10.1. The van der Waals surface area contributed by atoms with Gasteiger partial charge in [-0.25, -0.2) is 4.39 Å². The van der Waals surface area contributed by atoms with Gasteiger partial charge in [-0.15, -0.1) is 0 Å². The fourth-order valence-corrected chi connectivity index (χ4v) is 3.03. The molecule has 0 spiro atoms. The first-order valence-electron chi connectivity index (χ1n) is 9.31. The summed E-state index contributed by atoms with van der Waals surface area (Å²) in [4.78, 5) is 12.7. The van der Waals surface area contributed by atoms with Crippen LogP contribution in [-0.2, 0) is 6.61 Å². The van der Waals surface area contributed by atoms with Crippen LogP contribution in [0.3, 0.4) is 0 Å². The van der Waals surface area contributed by atoms with Crippen LogP contribution >= 0.6 is 0 Å². The Kier molecular flexibility index (Phi) is 5.29. The molecule has 3 aromatic rings. The third kappa shape index (κ3) is 4.14. The van der Waals surface area contributed by atoms with Crippen LogP contribution in [0.1, 0.15) is 28.4 Å². The third-order valence-electron chi connectivity index (χ3n) is 4.47. The van der Waals surface area contributed by atoms with E-state index < -0.39 is 0 Å². The number of benzene rings is 3. The second-order valence-corrected chi connectivity index (χ2v) is 6.48. The molecule has 4 nitrogen and oxygen atoms in total. The number of hydrogen-bond acceptors (Lipinski definition) is 4. The van der Waals surface area contributed by atoms with Gasteiger partial charge in [0.2, 0.25) is 5.78 Å².